The van der Waals surface area contributed by atoms with Crippen molar-refractivity contribution in [2.75, 3.05) is 64.4 Å². The van der Waals surface area contributed by atoms with Gasteiger partial charge in [-0.3, -0.25) is 0 Å². The summed E-state index contributed by atoms with van der Waals surface area (Å²) < 4.78 is 10.9. The van der Waals surface area contributed by atoms with Crippen LogP contribution in [0, 0.1) is 0 Å². The maximum atomic E-state index is 5.76. The molecule has 0 saturated carbocycles. The van der Waals surface area contributed by atoms with E-state index in [0.717, 1.165) is 68.1 Å². The van der Waals surface area contributed by atoms with Crippen molar-refractivity contribution in [2.24, 2.45) is 4.99 Å². The number of aliphatic imine (C=N–C) groups is 1. The number of likely N-dealkylation sites (N-methyl/N-ethyl adjacent to an activating group) is 1. The third-order valence-electron chi connectivity index (χ3n) is 5.44. The van der Waals surface area contributed by atoms with Gasteiger partial charge in [-0.1, -0.05) is 13.0 Å². The summed E-state index contributed by atoms with van der Waals surface area (Å²) in [6.45, 7) is 12.2. The summed E-state index contributed by atoms with van der Waals surface area (Å²) in [5, 5.41) is 6.59. The van der Waals surface area contributed by atoms with E-state index < -0.39 is 0 Å². The number of ether oxygens (including phenoxy) is 2. The number of nitrogens with one attached hydrogen (secondary N) is 2. The van der Waals surface area contributed by atoms with Crippen molar-refractivity contribution >= 4 is 11.8 Å². The molecule has 8 nitrogen and oxygen atoms in total. The molecule has 1 saturated heterocycles. The average molecular weight is 441 g/mol. The molecule has 0 aliphatic carbocycles. The fourth-order valence-electron chi connectivity index (χ4n) is 3.51. The van der Waals surface area contributed by atoms with Crippen LogP contribution in [0.1, 0.15) is 19.4 Å². The van der Waals surface area contributed by atoms with Gasteiger partial charge in [-0.25, -0.2) is 9.98 Å². The van der Waals surface area contributed by atoms with Crippen molar-refractivity contribution in [1.82, 2.24) is 20.5 Å². The van der Waals surface area contributed by atoms with Gasteiger partial charge >= 0.3 is 0 Å². The highest BCUT2D eigenvalue weighted by atomic mass is 16.5. The fourth-order valence-corrected chi connectivity index (χ4v) is 3.51. The zero-order chi connectivity index (χ0) is 22.6. The smallest absolute Gasteiger partial charge is 0.191 e. The Morgan fingerprint density at radius 3 is 2.38 bits per heavy atom. The van der Waals surface area contributed by atoms with Gasteiger partial charge in [0, 0.05) is 38.9 Å². The van der Waals surface area contributed by atoms with E-state index in [1.165, 1.54) is 0 Å². The minimum Gasteiger partial charge on any atom is -0.497 e. The summed E-state index contributed by atoms with van der Waals surface area (Å²) in [6.07, 6.45) is 1.93. The Balaban J connectivity index is 1.44. The predicted molar refractivity (Wildman–Crippen MR) is 130 cm³/mol. The second-order valence-corrected chi connectivity index (χ2v) is 7.59. The van der Waals surface area contributed by atoms with Crippen LogP contribution in [0.25, 0.3) is 0 Å². The van der Waals surface area contributed by atoms with E-state index in [9.17, 15) is 0 Å². The molecule has 2 heterocycles. The van der Waals surface area contributed by atoms with Crippen molar-refractivity contribution in [3.05, 3.63) is 48.2 Å². The summed E-state index contributed by atoms with van der Waals surface area (Å²) in [6, 6.07) is 11.8. The van der Waals surface area contributed by atoms with Gasteiger partial charge in [-0.05, 0) is 49.4 Å². The minimum atomic E-state index is 0.540. The molecule has 0 spiro atoms. The molecule has 0 unspecified atom stereocenters. The van der Waals surface area contributed by atoms with Gasteiger partial charge in [0.15, 0.2) is 5.96 Å². The van der Waals surface area contributed by atoms with E-state index in [1.807, 2.05) is 30.5 Å². The van der Waals surface area contributed by atoms with Crippen LogP contribution in [0.4, 0.5) is 5.82 Å². The molecular weight excluding hydrogens is 404 g/mol. The fraction of sp³-hybridized carbons (Fsp3) is 0.500. The van der Waals surface area contributed by atoms with Crippen LogP contribution in [0.5, 0.6) is 11.5 Å². The van der Waals surface area contributed by atoms with Gasteiger partial charge in [0.25, 0.3) is 0 Å². The third kappa shape index (κ3) is 7.30. The van der Waals surface area contributed by atoms with E-state index in [2.05, 4.69) is 56.4 Å². The Morgan fingerprint density at radius 2 is 1.75 bits per heavy atom. The topological polar surface area (TPSA) is 74.3 Å². The van der Waals surface area contributed by atoms with Crippen LogP contribution in [0.15, 0.2) is 47.6 Å². The Kier molecular flexibility index (Phi) is 9.43. The van der Waals surface area contributed by atoms with Gasteiger partial charge < -0.3 is 29.9 Å². The minimum absolute atomic E-state index is 0.540. The number of guanidine groups is 1. The summed E-state index contributed by atoms with van der Waals surface area (Å²) in [4.78, 5) is 14.2. The largest absolute Gasteiger partial charge is 0.497 e. The second-order valence-electron chi connectivity index (χ2n) is 7.59. The zero-order valence-electron chi connectivity index (χ0n) is 19.5. The first-order valence-electron chi connectivity index (χ1n) is 11.4. The molecular formula is C24H36N6O2. The van der Waals surface area contributed by atoms with Gasteiger partial charge in [-0.2, -0.15) is 0 Å². The van der Waals surface area contributed by atoms with E-state index in [4.69, 9.17) is 9.47 Å². The van der Waals surface area contributed by atoms with Crippen molar-refractivity contribution in [2.45, 2.75) is 20.4 Å². The molecule has 1 aliphatic heterocycles. The number of hydrogen-bond donors (Lipinski definition) is 2. The monoisotopic (exact) mass is 440 g/mol. The predicted octanol–water partition coefficient (Wildman–Crippen LogP) is 2.37. The molecule has 174 valence electrons. The van der Waals surface area contributed by atoms with Crippen molar-refractivity contribution in [3.8, 4) is 11.5 Å². The molecule has 2 N–H and O–H groups in total. The Morgan fingerprint density at radius 1 is 1.00 bits per heavy atom. The van der Waals surface area contributed by atoms with E-state index >= 15 is 0 Å². The highest BCUT2D eigenvalue weighted by Gasteiger charge is 2.16. The summed E-state index contributed by atoms with van der Waals surface area (Å²) >= 11 is 0. The highest BCUT2D eigenvalue weighted by molar-refractivity contribution is 5.79. The van der Waals surface area contributed by atoms with Crippen LogP contribution in [-0.4, -0.2) is 75.4 Å². The number of aromatic nitrogens is 1. The molecule has 1 aromatic heterocycles. The average Bonchev–Trinajstić information content (AvgIpc) is 2.86. The lowest BCUT2D eigenvalue weighted by atomic mass is 10.2. The van der Waals surface area contributed by atoms with Crippen LogP contribution in [0.2, 0.25) is 0 Å². The van der Waals surface area contributed by atoms with Crippen molar-refractivity contribution in [3.63, 3.8) is 0 Å². The molecule has 8 heteroatoms. The van der Waals surface area contributed by atoms with Crippen LogP contribution >= 0.6 is 0 Å². The lowest BCUT2D eigenvalue weighted by Crippen LogP contribution is -2.46. The molecule has 0 radical (unpaired) electrons. The first-order chi connectivity index (χ1) is 15.7. The maximum absolute atomic E-state index is 5.76. The molecule has 32 heavy (non-hydrogen) atoms. The van der Waals surface area contributed by atoms with Gasteiger partial charge in [0.2, 0.25) is 0 Å². The molecule has 0 amide bonds. The SMILES string of the molecule is CCNC(=NCc1ccc(N2CCN(CC)CC2)nc1)NCCOc1ccc(OC)cc1. The zero-order valence-corrected chi connectivity index (χ0v) is 19.5. The van der Waals surface area contributed by atoms with Gasteiger partial charge in [0.1, 0.15) is 23.9 Å². The van der Waals surface area contributed by atoms with E-state index in [1.54, 1.807) is 7.11 Å². The maximum Gasteiger partial charge on any atom is 0.191 e. The Labute approximate surface area is 191 Å². The number of hydrogen-bond acceptors (Lipinski definition) is 6. The number of methoxy groups -OCH3 is 1. The summed E-state index contributed by atoms with van der Waals surface area (Å²) in [7, 11) is 1.65. The first kappa shape index (κ1) is 23.7. The van der Waals surface area contributed by atoms with Crippen LogP contribution in [0.3, 0.4) is 0 Å². The summed E-state index contributed by atoms with van der Waals surface area (Å²) in [5.74, 6) is 3.45. The number of piperazine rings is 1. The molecule has 1 aliphatic rings. The number of pyridine rings is 1. The molecule has 0 bridgehead atoms. The lowest BCUT2D eigenvalue weighted by molar-refractivity contribution is 0.270. The molecule has 1 fully saturated rings. The quantitative estimate of drug-likeness (QED) is 0.334. The van der Waals surface area contributed by atoms with Crippen LogP contribution < -0.4 is 25.0 Å². The molecule has 1 aromatic carbocycles. The van der Waals surface area contributed by atoms with E-state index in [-0.39, 0.29) is 0 Å². The third-order valence-corrected chi connectivity index (χ3v) is 5.44. The number of benzene rings is 1. The number of rotatable bonds is 10. The van der Waals surface area contributed by atoms with Crippen LogP contribution in [-0.2, 0) is 6.54 Å². The van der Waals surface area contributed by atoms with E-state index in [0.29, 0.717) is 19.7 Å². The highest BCUT2D eigenvalue weighted by Crippen LogP contribution is 2.17. The molecule has 2 aromatic rings. The second kappa shape index (κ2) is 12.8. The number of anilines is 1. The molecule has 0 atom stereocenters. The molecule has 3 rings (SSSR count). The standard InChI is InChI=1S/C24H36N6O2/c1-4-25-24(26-12-17-32-22-9-7-21(31-3)8-10-22)28-19-20-6-11-23(27-18-20)30-15-13-29(5-2)14-16-30/h6-11,18H,4-5,12-17,19H2,1-3H3,(H2,25,26,28). The van der Waals surface area contributed by atoms with Crippen molar-refractivity contribution < 1.29 is 9.47 Å². The van der Waals surface area contributed by atoms with Crippen molar-refractivity contribution in [1.29, 1.82) is 0 Å². The first-order valence-corrected chi connectivity index (χ1v) is 11.4. The van der Waals surface area contributed by atoms with Gasteiger partial charge in [-0.15, -0.1) is 0 Å². The lowest BCUT2D eigenvalue weighted by Gasteiger charge is -2.34. The van der Waals surface area contributed by atoms with Gasteiger partial charge in [0.05, 0.1) is 20.2 Å². The summed E-state index contributed by atoms with van der Waals surface area (Å²) in [5.41, 5.74) is 1.09. The number of nitrogens with zero attached hydrogens (tertiary/aromatic N) is 4. The normalized spacial score (nSPS) is 14.8. The Bertz CT molecular complexity index is 817. The Hall–Kier alpha value is -3.00.